The first kappa shape index (κ1) is 14.1. The van der Waals surface area contributed by atoms with E-state index in [9.17, 15) is 14.9 Å². The number of non-ortho nitro benzene ring substituents is 1. The van der Waals surface area contributed by atoms with E-state index in [1.54, 1.807) is 18.2 Å². The number of carbonyl (C=O) groups is 1. The molecule has 0 aliphatic rings. The van der Waals surface area contributed by atoms with E-state index in [0.29, 0.717) is 0 Å². The molecule has 2 aromatic carbocycles. The van der Waals surface area contributed by atoms with Crippen LogP contribution >= 0.6 is 11.8 Å². The number of nitro benzene ring substituents is 1. The molecular formula is C14H12N2O3S. The Morgan fingerprint density at radius 2 is 1.85 bits per heavy atom. The fourth-order valence-electron chi connectivity index (χ4n) is 1.61. The van der Waals surface area contributed by atoms with E-state index in [4.69, 9.17) is 0 Å². The van der Waals surface area contributed by atoms with Gasteiger partial charge in [-0.1, -0.05) is 17.8 Å². The van der Waals surface area contributed by atoms with Crippen molar-refractivity contribution in [3.8, 4) is 0 Å². The second kappa shape index (κ2) is 6.21. The van der Waals surface area contributed by atoms with Crippen molar-refractivity contribution in [3.05, 3.63) is 58.6 Å². The molecule has 0 saturated heterocycles. The predicted octanol–water partition coefficient (Wildman–Crippen LogP) is 3.70. The van der Waals surface area contributed by atoms with Crippen molar-refractivity contribution in [1.29, 1.82) is 0 Å². The summed E-state index contributed by atoms with van der Waals surface area (Å²) in [7, 11) is 0. The Hall–Kier alpha value is -2.34. The quantitative estimate of drug-likeness (QED) is 0.687. The summed E-state index contributed by atoms with van der Waals surface area (Å²) in [6, 6.07) is 13.8. The molecule has 102 valence electrons. The monoisotopic (exact) mass is 288 g/mol. The molecule has 20 heavy (non-hydrogen) atoms. The fraction of sp³-hybridized carbons (Fsp3) is 0.0714. The number of anilines is 1. The Bertz CT molecular complexity index is 641. The van der Waals surface area contributed by atoms with Gasteiger partial charge in [0, 0.05) is 34.5 Å². The molecule has 0 spiro atoms. The highest BCUT2D eigenvalue weighted by molar-refractivity contribution is 7.99. The Morgan fingerprint density at radius 3 is 2.45 bits per heavy atom. The predicted molar refractivity (Wildman–Crippen MR) is 78.0 cm³/mol. The molecule has 0 aliphatic heterocycles. The third kappa shape index (κ3) is 3.83. The Morgan fingerprint density at radius 1 is 1.15 bits per heavy atom. The van der Waals surface area contributed by atoms with Crippen molar-refractivity contribution in [3.63, 3.8) is 0 Å². The van der Waals surface area contributed by atoms with Crippen LogP contribution in [0.15, 0.2) is 58.3 Å². The van der Waals surface area contributed by atoms with E-state index >= 15 is 0 Å². The summed E-state index contributed by atoms with van der Waals surface area (Å²) in [6.07, 6.45) is 0. The standard InChI is InChI=1S/C14H12N2O3S/c1-10(17)15-11-5-7-13(8-6-11)20-14-4-2-3-12(9-14)16(18)19/h2-9H,1H3,(H,15,17). The molecule has 0 bridgehead atoms. The molecule has 6 heteroatoms. The van der Waals surface area contributed by atoms with Crippen molar-refractivity contribution in [2.24, 2.45) is 0 Å². The number of nitro groups is 1. The maximum atomic E-state index is 10.9. The van der Waals surface area contributed by atoms with Gasteiger partial charge < -0.3 is 5.32 Å². The van der Waals surface area contributed by atoms with Gasteiger partial charge in [0.05, 0.1) is 4.92 Å². The molecular weight excluding hydrogens is 276 g/mol. The summed E-state index contributed by atoms with van der Waals surface area (Å²) in [4.78, 5) is 22.9. The van der Waals surface area contributed by atoms with Crippen molar-refractivity contribution >= 4 is 29.0 Å². The lowest BCUT2D eigenvalue weighted by Gasteiger charge is -2.04. The zero-order chi connectivity index (χ0) is 14.5. The van der Waals surface area contributed by atoms with Crippen LogP contribution in [-0.2, 0) is 4.79 Å². The average Bonchev–Trinajstić information content (AvgIpc) is 2.41. The zero-order valence-electron chi connectivity index (χ0n) is 10.7. The third-order valence-corrected chi connectivity index (χ3v) is 3.44. The van der Waals surface area contributed by atoms with Crippen LogP contribution < -0.4 is 5.32 Å². The lowest BCUT2D eigenvalue weighted by molar-refractivity contribution is -0.385. The molecule has 0 heterocycles. The second-order valence-corrected chi connectivity index (χ2v) is 5.21. The number of carbonyl (C=O) groups excluding carboxylic acids is 1. The first-order chi connectivity index (χ1) is 9.54. The van der Waals surface area contributed by atoms with Crippen LogP contribution in [0.3, 0.4) is 0 Å². The van der Waals surface area contributed by atoms with Crippen LogP contribution in [0, 0.1) is 10.1 Å². The molecule has 2 rings (SSSR count). The molecule has 0 radical (unpaired) electrons. The molecule has 1 amide bonds. The van der Waals surface area contributed by atoms with Crippen molar-refractivity contribution in [1.82, 2.24) is 0 Å². The minimum atomic E-state index is -0.413. The van der Waals surface area contributed by atoms with E-state index in [-0.39, 0.29) is 11.6 Å². The molecule has 0 saturated carbocycles. The molecule has 5 nitrogen and oxygen atoms in total. The Balaban J connectivity index is 2.11. The molecule has 0 unspecified atom stereocenters. The van der Waals surface area contributed by atoms with Crippen LogP contribution in [0.5, 0.6) is 0 Å². The third-order valence-electron chi connectivity index (χ3n) is 2.44. The summed E-state index contributed by atoms with van der Waals surface area (Å²) in [6.45, 7) is 1.45. The van der Waals surface area contributed by atoms with Crippen LogP contribution in [0.1, 0.15) is 6.92 Å². The minimum absolute atomic E-state index is 0.0740. The molecule has 1 N–H and O–H groups in total. The van der Waals surface area contributed by atoms with E-state index in [2.05, 4.69) is 5.32 Å². The van der Waals surface area contributed by atoms with Gasteiger partial charge in [-0.3, -0.25) is 14.9 Å². The number of nitrogens with one attached hydrogen (secondary N) is 1. The van der Waals surface area contributed by atoms with Crippen LogP contribution in [0.4, 0.5) is 11.4 Å². The normalized spacial score (nSPS) is 10.1. The Labute approximate surface area is 120 Å². The summed E-state index contributed by atoms with van der Waals surface area (Å²) in [5.41, 5.74) is 0.797. The lowest BCUT2D eigenvalue weighted by Crippen LogP contribution is -2.05. The van der Waals surface area contributed by atoms with E-state index < -0.39 is 4.92 Å². The van der Waals surface area contributed by atoms with Crippen LogP contribution in [-0.4, -0.2) is 10.8 Å². The second-order valence-electron chi connectivity index (χ2n) is 4.06. The van der Waals surface area contributed by atoms with Gasteiger partial charge >= 0.3 is 0 Å². The number of amides is 1. The van der Waals surface area contributed by atoms with E-state index in [1.807, 2.05) is 18.2 Å². The summed E-state index contributed by atoms with van der Waals surface area (Å²) < 4.78 is 0. The average molecular weight is 288 g/mol. The van der Waals surface area contributed by atoms with Gasteiger partial charge in [0.1, 0.15) is 0 Å². The summed E-state index contributed by atoms with van der Waals surface area (Å²) in [5, 5.41) is 13.4. The highest BCUT2D eigenvalue weighted by Gasteiger charge is 2.06. The van der Waals surface area contributed by atoms with E-state index in [1.165, 1.54) is 30.8 Å². The molecule has 0 aromatic heterocycles. The minimum Gasteiger partial charge on any atom is -0.326 e. The first-order valence-electron chi connectivity index (χ1n) is 5.84. The molecule has 0 fully saturated rings. The SMILES string of the molecule is CC(=O)Nc1ccc(Sc2cccc([N+](=O)[O-])c2)cc1. The molecule has 0 atom stereocenters. The highest BCUT2D eigenvalue weighted by atomic mass is 32.2. The summed E-state index contributed by atoms with van der Waals surface area (Å²) >= 11 is 1.43. The highest BCUT2D eigenvalue weighted by Crippen LogP contribution is 2.30. The van der Waals surface area contributed by atoms with Crippen molar-refractivity contribution < 1.29 is 9.72 Å². The number of hydrogen-bond acceptors (Lipinski definition) is 4. The van der Waals surface area contributed by atoms with Gasteiger partial charge in [0.15, 0.2) is 0 Å². The number of nitrogens with zero attached hydrogens (tertiary/aromatic N) is 1. The first-order valence-corrected chi connectivity index (χ1v) is 6.66. The lowest BCUT2D eigenvalue weighted by atomic mass is 10.3. The maximum absolute atomic E-state index is 10.9. The van der Waals surface area contributed by atoms with Gasteiger partial charge in [-0.15, -0.1) is 0 Å². The van der Waals surface area contributed by atoms with Crippen molar-refractivity contribution in [2.75, 3.05) is 5.32 Å². The van der Waals surface area contributed by atoms with Crippen molar-refractivity contribution in [2.45, 2.75) is 16.7 Å². The van der Waals surface area contributed by atoms with Gasteiger partial charge in [-0.05, 0) is 30.3 Å². The number of rotatable bonds is 4. The van der Waals surface area contributed by atoms with Crippen LogP contribution in [0.25, 0.3) is 0 Å². The Kier molecular flexibility index (Phi) is 4.37. The molecule has 0 aliphatic carbocycles. The van der Waals surface area contributed by atoms with E-state index in [0.717, 1.165) is 15.5 Å². The fourth-order valence-corrected chi connectivity index (χ4v) is 2.48. The topological polar surface area (TPSA) is 72.2 Å². The smallest absolute Gasteiger partial charge is 0.270 e. The number of hydrogen-bond donors (Lipinski definition) is 1. The maximum Gasteiger partial charge on any atom is 0.270 e. The zero-order valence-corrected chi connectivity index (χ0v) is 11.5. The van der Waals surface area contributed by atoms with Gasteiger partial charge in [-0.2, -0.15) is 0 Å². The van der Waals surface area contributed by atoms with Gasteiger partial charge in [0.2, 0.25) is 5.91 Å². The largest absolute Gasteiger partial charge is 0.326 e. The summed E-state index contributed by atoms with van der Waals surface area (Å²) in [5.74, 6) is -0.121. The van der Waals surface area contributed by atoms with Gasteiger partial charge in [-0.25, -0.2) is 0 Å². The van der Waals surface area contributed by atoms with Crippen LogP contribution in [0.2, 0.25) is 0 Å². The number of benzene rings is 2. The molecule has 2 aromatic rings. The van der Waals surface area contributed by atoms with Gasteiger partial charge in [0.25, 0.3) is 5.69 Å².